The number of nitrogens with one attached hydrogen (secondary N) is 2. The Hall–Kier alpha value is -1.06. The van der Waals surface area contributed by atoms with E-state index >= 15 is 0 Å². The minimum absolute atomic E-state index is 0.0333. The molecule has 1 aliphatic heterocycles. The second kappa shape index (κ2) is 3.36. The summed E-state index contributed by atoms with van der Waals surface area (Å²) < 4.78 is 0. The first kappa shape index (κ1) is 10.0. The van der Waals surface area contributed by atoms with Crippen LogP contribution in [-0.4, -0.2) is 23.9 Å². The van der Waals surface area contributed by atoms with Gasteiger partial charge in [-0.3, -0.25) is 9.59 Å². The Bertz CT molecular complexity index is 230. The van der Waals surface area contributed by atoms with Gasteiger partial charge in [-0.1, -0.05) is 0 Å². The highest BCUT2D eigenvalue weighted by Gasteiger charge is 2.29. The van der Waals surface area contributed by atoms with Gasteiger partial charge in [0.15, 0.2) is 0 Å². The van der Waals surface area contributed by atoms with Crippen molar-refractivity contribution in [2.24, 2.45) is 5.92 Å². The van der Waals surface area contributed by atoms with E-state index in [2.05, 4.69) is 10.6 Å². The Labute approximate surface area is 78.1 Å². The van der Waals surface area contributed by atoms with Crippen LogP contribution in [0.5, 0.6) is 0 Å². The van der Waals surface area contributed by atoms with Crippen molar-refractivity contribution in [3.63, 3.8) is 0 Å². The summed E-state index contributed by atoms with van der Waals surface area (Å²) in [6.07, 6.45) is 0.321. The summed E-state index contributed by atoms with van der Waals surface area (Å²) in [5.41, 5.74) is -0.220. The maximum atomic E-state index is 11.5. The van der Waals surface area contributed by atoms with E-state index in [4.69, 9.17) is 0 Å². The third kappa shape index (κ3) is 3.05. The molecule has 0 radical (unpaired) electrons. The molecule has 0 aromatic carbocycles. The van der Waals surface area contributed by atoms with E-state index in [0.717, 1.165) is 0 Å². The molecule has 74 valence electrons. The number of amides is 2. The highest BCUT2D eigenvalue weighted by Crippen LogP contribution is 2.10. The monoisotopic (exact) mass is 184 g/mol. The Morgan fingerprint density at radius 2 is 2.15 bits per heavy atom. The Balaban J connectivity index is 2.45. The Morgan fingerprint density at radius 3 is 2.54 bits per heavy atom. The van der Waals surface area contributed by atoms with Gasteiger partial charge in [0, 0.05) is 18.5 Å². The van der Waals surface area contributed by atoms with Crippen LogP contribution in [0.25, 0.3) is 0 Å². The lowest BCUT2D eigenvalue weighted by atomic mass is 10.0. The minimum atomic E-state index is -0.220. The van der Waals surface area contributed by atoms with Crippen LogP contribution in [0.4, 0.5) is 0 Å². The molecule has 0 aromatic rings. The molecule has 1 saturated heterocycles. The average molecular weight is 184 g/mol. The van der Waals surface area contributed by atoms with Crippen LogP contribution in [0.3, 0.4) is 0 Å². The van der Waals surface area contributed by atoms with Crippen molar-refractivity contribution >= 4 is 11.8 Å². The van der Waals surface area contributed by atoms with E-state index in [1.54, 1.807) is 0 Å². The van der Waals surface area contributed by atoms with Gasteiger partial charge in [-0.05, 0) is 20.8 Å². The van der Waals surface area contributed by atoms with Crippen LogP contribution in [0.2, 0.25) is 0 Å². The fraction of sp³-hybridized carbons (Fsp3) is 0.778. The molecule has 0 aliphatic carbocycles. The molecular weight excluding hydrogens is 168 g/mol. The van der Waals surface area contributed by atoms with Gasteiger partial charge in [-0.15, -0.1) is 0 Å². The fourth-order valence-electron chi connectivity index (χ4n) is 1.26. The number of rotatable bonds is 1. The van der Waals surface area contributed by atoms with E-state index in [-0.39, 0.29) is 23.3 Å². The third-order valence-corrected chi connectivity index (χ3v) is 1.85. The number of hydrogen-bond donors (Lipinski definition) is 2. The molecule has 1 rings (SSSR count). The van der Waals surface area contributed by atoms with Crippen LogP contribution in [0.15, 0.2) is 0 Å². The normalized spacial score (nSPS) is 22.7. The summed E-state index contributed by atoms with van der Waals surface area (Å²) in [5.74, 6) is -0.258. The van der Waals surface area contributed by atoms with Crippen molar-refractivity contribution in [2.75, 3.05) is 6.54 Å². The molecule has 4 heteroatoms. The molecule has 0 bridgehead atoms. The molecule has 1 unspecified atom stereocenters. The van der Waals surface area contributed by atoms with E-state index in [9.17, 15) is 9.59 Å². The zero-order valence-corrected chi connectivity index (χ0v) is 8.31. The van der Waals surface area contributed by atoms with Crippen LogP contribution in [0.1, 0.15) is 27.2 Å². The summed E-state index contributed by atoms with van der Waals surface area (Å²) >= 11 is 0. The van der Waals surface area contributed by atoms with Gasteiger partial charge in [0.25, 0.3) is 0 Å². The molecule has 2 N–H and O–H groups in total. The van der Waals surface area contributed by atoms with Gasteiger partial charge >= 0.3 is 0 Å². The van der Waals surface area contributed by atoms with E-state index in [1.807, 2.05) is 20.8 Å². The van der Waals surface area contributed by atoms with Gasteiger partial charge in [-0.2, -0.15) is 0 Å². The predicted molar refractivity (Wildman–Crippen MR) is 49.0 cm³/mol. The molecule has 1 atom stereocenters. The number of carbonyl (C=O) groups is 2. The highest BCUT2D eigenvalue weighted by atomic mass is 16.2. The van der Waals surface area contributed by atoms with Crippen molar-refractivity contribution in [2.45, 2.75) is 32.7 Å². The van der Waals surface area contributed by atoms with Gasteiger partial charge in [0.1, 0.15) is 0 Å². The van der Waals surface area contributed by atoms with Crippen molar-refractivity contribution in [1.82, 2.24) is 10.6 Å². The van der Waals surface area contributed by atoms with Crippen molar-refractivity contribution in [3.8, 4) is 0 Å². The smallest absolute Gasteiger partial charge is 0.225 e. The molecule has 0 spiro atoms. The van der Waals surface area contributed by atoms with Crippen molar-refractivity contribution in [1.29, 1.82) is 0 Å². The maximum Gasteiger partial charge on any atom is 0.225 e. The number of hydrogen-bond acceptors (Lipinski definition) is 2. The van der Waals surface area contributed by atoms with E-state index < -0.39 is 0 Å². The molecule has 13 heavy (non-hydrogen) atoms. The van der Waals surface area contributed by atoms with Gasteiger partial charge < -0.3 is 10.6 Å². The molecule has 0 saturated carbocycles. The molecule has 4 nitrogen and oxygen atoms in total. The van der Waals surface area contributed by atoms with Gasteiger partial charge in [-0.25, -0.2) is 0 Å². The summed E-state index contributed by atoms with van der Waals surface area (Å²) in [4.78, 5) is 22.3. The topological polar surface area (TPSA) is 58.2 Å². The SMILES string of the molecule is CC(C)(C)NC(=O)C1CNC(=O)C1. The van der Waals surface area contributed by atoms with Gasteiger partial charge in [0.05, 0.1) is 5.92 Å². The summed E-state index contributed by atoms with van der Waals surface area (Å²) in [6, 6.07) is 0. The van der Waals surface area contributed by atoms with Gasteiger partial charge in [0.2, 0.25) is 11.8 Å². The van der Waals surface area contributed by atoms with E-state index in [1.165, 1.54) is 0 Å². The molecular formula is C9H16N2O2. The first-order valence-electron chi connectivity index (χ1n) is 4.47. The van der Waals surface area contributed by atoms with Crippen LogP contribution in [0, 0.1) is 5.92 Å². The van der Waals surface area contributed by atoms with Crippen LogP contribution >= 0.6 is 0 Å². The highest BCUT2D eigenvalue weighted by molar-refractivity contribution is 5.89. The summed E-state index contributed by atoms with van der Waals surface area (Å²) in [5, 5.41) is 5.49. The lowest BCUT2D eigenvalue weighted by molar-refractivity contribution is -0.127. The summed E-state index contributed by atoms with van der Waals surface area (Å²) in [6.45, 7) is 6.25. The number of carbonyl (C=O) groups excluding carboxylic acids is 2. The first-order chi connectivity index (χ1) is 5.88. The molecule has 1 fully saturated rings. The quantitative estimate of drug-likeness (QED) is 0.604. The maximum absolute atomic E-state index is 11.5. The van der Waals surface area contributed by atoms with E-state index in [0.29, 0.717) is 13.0 Å². The fourth-order valence-corrected chi connectivity index (χ4v) is 1.26. The lowest BCUT2D eigenvalue weighted by Crippen LogP contribution is -2.44. The van der Waals surface area contributed by atoms with Crippen molar-refractivity contribution < 1.29 is 9.59 Å². The lowest BCUT2D eigenvalue weighted by Gasteiger charge is -2.22. The van der Waals surface area contributed by atoms with Crippen molar-refractivity contribution in [3.05, 3.63) is 0 Å². The first-order valence-corrected chi connectivity index (χ1v) is 4.47. The zero-order chi connectivity index (χ0) is 10.1. The van der Waals surface area contributed by atoms with Crippen LogP contribution < -0.4 is 10.6 Å². The second-order valence-electron chi connectivity index (χ2n) is 4.44. The Morgan fingerprint density at radius 1 is 1.54 bits per heavy atom. The zero-order valence-electron chi connectivity index (χ0n) is 8.31. The third-order valence-electron chi connectivity index (χ3n) is 1.85. The molecule has 1 aliphatic rings. The summed E-state index contributed by atoms with van der Waals surface area (Å²) in [7, 11) is 0. The van der Waals surface area contributed by atoms with Crippen LogP contribution in [-0.2, 0) is 9.59 Å². The Kier molecular flexibility index (Phi) is 2.59. The predicted octanol–water partition coefficient (Wildman–Crippen LogP) is 0.0372. The largest absolute Gasteiger partial charge is 0.355 e. The molecule has 0 aromatic heterocycles. The average Bonchev–Trinajstić information content (AvgIpc) is 2.31. The minimum Gasteiger partial charge on any atom is -0.355 e. The molecule has 2 amide bonds. The standard InChI is InChI=1S/C9H16N2O2/c1-9(2,3)11-8(13)6-4-7(12)10-5-6/h6H,4-5H2,1-3H3,(H,10,12)(H,11,13). The second-order valence-corrected chi connectivity index (χ2v) is 4.44. The molecule has 1 heterocycles.